The molecule has 0 aromatic heterocycles. The van der Waals surface area contributed by atoms with Gasteiger partial charge in [-0.05, 0) is 34.0 Å². The fourth-order valence-corrected chi connectivity index (χ4v) is 4.31. The zero-order valence-corrected chi connectivity index (χ0v) is 14.8. The highest BCUT2D eigenvalue weighted by Crippen LogP contribution is 2.52. The van der Waals surface area contributed by atoms with E-state index in [9.17, 15) is 5.26 Å². The standard InChI is InChI=1S/C25H18N2/c26-17-25(21-10-2-1-3-11-21)22-12-6-7-13-23(22)27-24(25)20-15-14-18-8-4-5-9-19(18)16-20/h1-16,24,27H/t24-,25+/m1/s1. The topological polar surface area (TPSA) is 35.8 Å². The van der Waals surface area contributed by atoms with E-state index in [4.69, 9.17) is 0 Å². The Morgan fingerprint density at radius 1 is 0.741 bits per heavy atom. The zero-order valence-electron chi connectivity index (χ0n) is 14.8. The fraction of sp³-hybridized carbons (Fsp3) is 0.0800. The van der Waals surface area contributed by atoms with Gasteiger partial charge < -0.3 is 5.32 Å². The van der Waals surface area contributed by atoms with Crippen molar-refractivity contribution in [2.45, 2.75) is 11.5 Å². The normalized spacial score (nSPS) is 20.6. The van der Waals surface area contributed by atoms with E-state index in [1.165, 1.54) is 10.8 Å². The van der Waals surface area contributed by atoms with Crippen molar-refractivity contribution in [3.05, 3.63) is 114 Å². The molecule has 0 radical (unpaired) electrons. The van der Waals surface area contributed by atoms with Gasteiger partial charge in [0.05, 0.1) is 12.1 Å². The van der Waals surface area contributed by atoms with Crippen molar-refractivity contribution < 1.29 is 0 Å². The second-order valence-electron chi connectivity index (χ2n) is 7.02. The van der Waals surface area contributed by atoms with Crippen LogP contribution in [0.25, 0.3) is 10.8 Å². The van der Waals surface area contributed by atoms with Crippen LogP contribution in [0.5, 0.6) is 0 Å². The summed E-state index contributed by atoms with van der Waals surface area (Å²) in [6.45, 7) is 0. The van der Waals surface area contributed by atoms with Crippen molar-refractivity contribution in [1.82, 2.24) is 0 Å². The molecule has 1 aliphatic rings. The number of nitrogens with one attached hydrogen (secondary N) is 1. The van der Waals surface area contributed by atoms with Crippen molar-refractivity contribution >= 4 is 16.5 Å². The predicted octanol–water partition coefficient (Wildman–Crippen LogP) is 5.82. The number of nitriles is 1. The van der Waals surface area contributed by atoms with E-state index < -0.39 is 5.41 Å². The Balaban J connectivity index is 1.77. The van der Waals surface area contributed by atoms with E-state index >= 15 is 0 Å². The third-order valence-corrected chi connectivity index (χ3v) is 5.60. The van der Waals surface area contributed by atoms with Crippen LogP contribution in [0, 0.1) is 11.3 Å². The van der Waals surface area contributed by atoms with Gasteiger partial charge in [-0.3, -0.25) is 0 Å². The summed E-state index contributed by atoms with van der Waals surface area (Å²) in [6, 6.07) is 35.6. The molecule has 0 aliphatic carbocycles. The van der Waals surface area contributed by atoms with E-state index in [0.29, 0.717) is 0 Å². The highest BCUT2D eigenvalue weighted by Gasteiger charge is 2.49. The van der Waals surface area contributed by atoms with Gasteiger partial charge in [0.1, 0.15) is 5.41 Å². The predicted molar refractivity (Wildman–Crippen MR) is 110 cm³/mol. The van der Waals surface area contributed by atoms with E-state index in [1.807, 2.05) is 30.3 Å². The van der Waals surface area contributed by atoms with Crippen molar-refractivity contribution in [2.75, 3.05) is 5.32 Å². The van der Waals surface area contributed by atoms with Crippen LogP contribution in [0.2, 0.25) is 0 Å². The lowest BCUT2D eigenvalue weighted by atomic mass is 9.70. The lowest BCUT2D eigenvalue weighted by Crippen LogP contribution is -2.32. The summed E-state index contributed by atoms with van der Waals surface area (Å²) in [5, 5.41) is 16.5. The summed E-state index contributed by atoms with van der Waals surface area (Å²) in [6.07, 6.45) is 0. The first-order valence-corrected chi connectivity index (χ1v) is 9.14. The number of fused-ring (bicyclic) bond motifs is 2. The second kappa shape index (κ2) is 6.00. The van der Waals surface area contributed by atoms with Gasteiger partial charge in [0, 0.05) is 11.3 Å². The van der Waals surface area contributed by atoms with Crippen LogP contribution in [-0.4, -0.2) is 0 Å². The highest BCUT2D eigenvalue weighted by atomic mass is 15.0. The summed E-state index contributed by atoms with van der Waals surface area (Å²) in [7, 11) is 0. The molecule has 0 saturated carbocycles. The smallest absolute Gasteiger partial charge is 0.133 e. The maximum atomic E-state index is 10.5. The third kappa shape index (κ3) is 2.26. The average molecular weight is 346 g/mol. The number of hydrogen-bond acceptors (Lipinski definition) is 2. The Morgan fingerprint density at radius 3 is 2.26 bits per heavy atom. The van der Waals surface area contributed by atoms with Crippen LogP contribution < -0.4 is 5.32 Å². The Morgan fingerprint density at radius 2 is 1.44 bits per heavy atom. The summed E-state index contributed by atoms with van der Waals surface area (Å²) < 4.78 is 0. The van der Waals surface area contributed by atoms with E-state index in [1.54, 1.807) is 0 Å². The van der Waals surface area contributed by atoms with Gasteiger partial charge in [0.2, 0.25) is 0 Å². The van der Waals surface area contributed by atoms with E-state index in [0.717, 1.165) is 22.4 Å². The van der Waals surface area contributed by atoms with E-state index in [-0.39, 0.29) is 6.04 Å². The molecule has 1 N–H and O–H groups in total. The fourth-order valence-electron chi connectivity index (χ4n) is 4.31. The SMILES string of the molecule is N#C[C@]1(c2ccccc2)c2ccccc2N[C@@H]1c1ccc2ccccc2c1. The first-order chi connectivity index (χ1) is 13.3. The third-order valence-electron chi connectivity index (χ3n) is 5.60. The average Bonchev–Trinajstić information content (AvgIpc) is 3.09. The highest BCUT2D eigenvalue weighted by molar-refractivity contribution is 5.84. The molecule has 0 amide bonds. The van der Waals surface area contributed by atoms with Crippen molar-refractivity contribution in [3.63, 3.8) is 0 Å². The van der Waals surface area contributed by atoms with E-state index in [2.05, 4.69) is 78.1 Å². The van der Waals surface area contributed by atoms with Gasteiger partial charge in [-0.15, -0.1) is 0 Å². The molecular weight excluding hydrogens is 328 g/mol. The minimum absolute atomic E-state index is 0.146. The molecule has 1 heterocycles. The van der Waals surface area contributed by atoms with Crippen LogP contribution in [0.15, 0.2) is 97.1 Å². The molecule has 1 aliphatic heterocycles. The number of para-hydroxylation sites is 1. The number of anilines is 1. The van der Waals surface area contributed by atoms with Gasteiger partial charge in [0.25, 0.3) is 0 Å². The molecule has 2 atom stereocenters. The van der Waals surface area contributed by atoms with Gasteiger partial charge >= 0.3 is 0 Å². The molecule has 0 spiro atoms. The van der Waals surface area contributed by atoms with Crippen LogP contribution in [-0.2, 0) is 5.41 Å². The minimum atomic E-state index is -0.764. The molecule has 4 aromatic rings. The van der Waals surface area contributed by atoms with Crippen molar-refractivity contribution in [3.8, 4) is 6.07 Å². The summed E-state index contributed by atoms with van der Waals surface area (Å²) in [4.78, 5) is 0. The van der Waals surface area contributed by atoms with Gasteiger partial charge in [-0.1, -0.05) is 84.9 Å². The first-order valence-electron chi connectivity index (χ1n) is 9.14. The molecule has 0 bridgehead atoms. The van der Waals surface area contributed by atoms with Gasteiger partial charge in [0.15, 0.2) is 0 Å². The van der Waals surface area contributed by atoms with Crippen LogP contribution in [0.4, 0.5) is 5.69 Å². The molecule has 5 rings (SSSR count). The molecule has 128 valence electrons. The monoisotopic (exact) mass is 346 g/mol. The Hall–Kier alpha value is -3.57. The number of rotatable bonds is 2. The van der Waals surface area contributed by atoms with Crippen molar-refractivity contribution in [1.29, 1.82) is 5.26 Å². The van der Waals surface area contributed by atoms with Crippen LogP contribution in [0.3, 0.4) is 0 Å². The zero-order chi connectivity index (χ0) is 18.3. The number of hydrogen-bond donors (Lipinski definition) is 1. The molecule has 4 aromatic carbocycles. The van der Waals surface area contributed by atoms with Crippen molar-refractivity contribution in [2.24, 2.45) is 0 Å². The number of nitrogens with zero attached hydrogens (tertiary/aromatic N) is 1. The summed E-state index contributed by atoms with van der Waals surface area (Å²) in [5.74, 6) is 0. The molecule has 0 saturated heterocycles. The molecule has 0 fully saturated rings. The lowest BCUT2D eigenvalue weighted by Gasteiger charge is -2.30. The quantitative estimate of drug-likeness (QED) is 0.497. The van der Waals surface area contributed by atoms with Gasteiger partial charge in [-0.25, -0.2) is 0 Å². The molecule has 2 heteroatoms. The Kier molecular flexibility index (Phi) is 3.48. The molecule has 27 heavy (non-hydrogen) atoms. The first kappa shape index (κ1) is 15.7. The molecule has 2 nitrogen and oxygen atoms in total. The van der Waals surface area contributed by atoms with Crippen LogP contribution in [0.1, 0.15) is 22.7 Å². The molecular formula is C25H18N2. The maximum Gasteiger partial charge on any atom is 0.133 e. The molecule has 0 unspecified atom stereocenters. The largest absolute Gasteiger partial charge is 0.376 e. The summed E-state index contributed by atoms with van der Waals surface area (Å²) >= 11 is 0. The van der Waals surface area contributed by atoms with Gasteiger partial charge in [-0.2, -0.15) is 5.26 Å². The Labute approximate surface area is 158 Å². The lowest BCUT2D eigenvalue weighted by molar-refractivity contribution is 0.588. The maximum absolute atomic E-state index is 10.5. The minimum Gasteiger partial charge on any atom is -0.376 e. The summed E-state index contributed by atoms with van der Waals surface area (Å²) in [5.41, 5.74) is 3.44. The van der Waals surface area contributed by atoms with Crippen LogP contribution >= 0.6 is 0 Å². The number of benzene rings is 4. The Bertz CT molecular complexity index is 1170. The second-order valence-corrected chi connectivity index (χ2v) is 7.02.